The first-order valence-electron chi connectivity index (χ1n) is 7.31. The molecule has 1 rings (SSSR count). The highest BCUT2D eigenvalue weighted by Crippen LogP contribution is 2.20. The van der Waals surface area contributed by atoms with E-state index in [0.717, 1.165) is 26.2 Å². The smallest absolute Gasteiger partial charge is 0.0472 e. The van der Waals surface area contributed by atoms with Crippen molar-refractivity contribution in [2.24, 2.45) is 0 Å². The number of hydrogen-bond donors (Lipinski definition) is 1. The van der Waals surface area contributed by atoms with Crippen molar-refractivity contribution in [1.29, 1.82) is 0 Å². The topological polar surface area (TPSA) is 21.3 Å². The van der Waals surface area contributed by atoms with Crippen molar-refractivity contribution in [3.63, 3.8) is 0 Å². The average molecular weight is 263 g/mol. The molecule has 1 aromatic carbocycles. The summed E-state index contributed by atoms with van der Waals surface area (Å²) in [6, 6.07) is 8.88. The monoisotopic (exact) mass is 263 g/mol. The number of benzene rings is 1. The van der Waals surface area contributed by atoms with Crippen LogP contribution in [0.4, 0.5) is 0 Å². The molecule has 1 atom stereocenters. The third kappa shape index (κ3) is 6.74. The zero-order valence-electron chi connectivity index (χ0n) is 13.1. The summed E-state index contributed by atoms with van der Waals surface area (Å²) in [6.07, 6.45) is 1.07. The van der Waals surface area contributed by atoms with Crippen LogP contribution in [-0.2, 0) is 4.74 Å². The zero-order valence-corrected chi connectivity index (χ0v) is 13.1. The van der Waals surface area contributed by atoms with Crippen molar-refractivity contribution in [2.75, 3.05) is 19.8 Å². The van der Waals surface area contributed by atoms with Crippen LogP contribution >= 0.6 is 0 Å². The molecule has 1 N–H and O–H groups in total. The van der Waals surface area contributed by atoms with Crippen LogP contribution in [0.2, 0.25) is 0 Å². The van der Waals surface area contributed by atoms with Crippen molar-refractivity contribution in [3.05, 3.63) is 35.4 Å². The van der Waals surface area contributed by atoms with Crippen LogP contribution < -0.4 is 5.32 Å². The molecule has 2 heteroatoms. The van der Waals surface area contributed by atoms with Gasteiger partial charge >= 0.3 is 0 Å². The summed E-state index contributed by atoms with van der Waals surface area (Å²) < 4.78 is 5.51. The molecular weight excluding hydrogens is 234 g/mol. The molecule has 1 aromatic rings. The Hall–Kier alpha value is -0.860. The standard InChI is InChI=1S/C17H29NO/c1-6-19-12-11-16(13-18-17(3,4)5)15-9-7-14(2)8-10-15/h7-10,16,18H,6,11-13H2,1-5H3. The molecule has 0 amide bonds. The summed E-state index contributed by atoms with van der Waals surface area (Å²) in [6.45, 7) is 13.4. The first kappa shape index (κ1) is 16.2. The second-order valence-electron chi connectivity index (χ2n) is 6.22. The highest BCUT2D eigenvalue weighted by Gasteiger charge is 2.15. The van der Waals surface area contributed by atoms with E-state index in [2.05, 4.69) is 57.3 Å². The Bertz CT molecular complexity index is 351. The Morgan fingerprint density at radius 3 is 2.32 bits per heavy atom. The molecule has 0 aromatic heterocycles. The summed E-state index contributed by atoms with van der Waals surface area (Å²) in [4.78, 5) is 0. The molecule has 0 fully saturated rings. The fourth-order valence-corrected chi connectivity index (χ4v) is 2.02. The lowest BCUT2D eigenvalue weighted by Gasteiger charge is -2.25. The van der Waals surface area contributed by atoms with E-state index in [9.17, 15) is 0 Å². The number of aryl methyl sites for hydroxylation is 1. The molecule has 0 spiro atoms. The van der Waals surface area contributed by atoms with Gasteiger partial charge in [-0.05, 0) is 52.5 Å². The number of rotatable bonds is 7. The average Bonchev–Trinajstić information content (AvgIpc) is 2.34. The second-order valence-corrected chi connectivity index (χ2v) is 6.22. The van der Waals surface area contributed by atoms with Gasteiger partial charge in [-0.2, -0.15) is 0 Å². The summed E-state index contributed by atoms with van der Waals surface area (Å²) in [7, 11) is 0. The van der Waals surface area contributed by atoms with Gasteiger partial charge in [0.05, 0.1) is 0 Å². The van der Waals surface area contributed by atoms with Crippen LogP contribution in [0.1, 0.15) is 51.2 Å². The lowest BCUT2D eigenvalue weighted by Crippen LogP contribution is -2.38. The summed E-state index contributed by atoms with van der Waals surface area (Å²) in [5, 5.41) is 3.61. The lowest BCUT2D eigenvalue weighted by molar-refractivity contribution is 0.138. The molecule has 0 aliphatic rings. The zero-order chi connectivity index (χ0) is 14.3. The molecule has 0 saturated carbocycles. The van der Waals surface area contributed by atoms with Crippen molar-refractivity contribution < 1.29 is 4.74 Å². The van der Waals surface area contributed by atoms with E-state index in [0.29, 0.717) is 5.92 Å². The third-order valence-corrected chi connectivity index (χ3v) is 3.24. The molecule has 0 aliphatic heterocycles. The first-order chi connectivity index (χ1) is 8.92. The SMILES string of the molecule is CCOCCC(CNC(C)(C)C)c1ccc(C)cc1. The predicted molar refractivity (Wildman–Crippen MR) is 82.8 cm³/mol. The normalized spacial score (nSPS) is 13.5. The molecule has 2 nitrogen and oxygen atoms in total. The molecule has 0 aliphatic carbocycles. The summed E-state index contributed by atoms with van der Waals surface area (Å²) >= 11 is 0. The number of hydrogen-bond acceptors (Lipinski definition) is 2. The van der Waals surface area contributed by atoms with E-state index in [4.69, 9.17) is 4.74 Å². The maximum absolute atomic E-state index is 5.51. The van der Waals surface area contributed by atoms with E-state index in [1.54, 1.807) is 0 Å². The van der Waals surface area contributed by atoms with Gasteiger partial charge in [-0.1, -0.05) is 29.8 Å². The van der Waals surface area contributed by atoms with Gasteiger partial charge in [0.15, 0.2) is 0 Å². The van der Waals surface area contributed by atoms with Crippen LogP contribution in [0.25, 0.3) is 0 Å². The van der Waals surface area contributed by atoms with Crippen molar-refractivity contribution in [1.82, 2.24) is 5.32 Å². The van der Waals surface area contributed by atoms with Crippen molar-refractivity contribution in [3.8, 4) is 0 Å². The van der Waals surface area contributed by atoms with Gasteiger partial charge in [0, 0.05) is 25.3 Å². The van der Waals surface area contributed by atoms with Crippen LogP contribution in [0.15, 0.2) is 24.3 Å². The largest absolute Gasteiger partial charge is 0.382 e. The molecular formula is C17H29NO. The van der Waals surface area contributed by atoms with Gasteiger partial charge in [0.2, 0.25) is 0 Å². The van der Waals surface area contributed by atoms with Crippen LogP contribution in [0.5, 0.6) is 0 Å². The molecule has 0 heterocycles. The van der Waals surface area contributed by atoms with E-state index >= 15 is 0 Å². The van der Waals surface area contributed by atoms with Gasteiger partial charge in [-0.25, -0.2) is 0 Å². The molecule has 108 valence electrons. The Morgan fingerprint density at radius 1 is 1.16 bits per heavy atom. The van der Waals surface area contributed by atoms with Crippen molar-refractivity contribution >= 4 is 0 Å². The predicted octanol–water partition coefficient (Wildman–Crippen LogP) is 3.89. The molecule has 0 bridgehead atoms. The van der Waals surface area contributed by atoms with Gasteiger partial charge in [0.25, 0.3) is 0 Å². The fraction of sp³-hybridized carbons (Fsp3) is 0.647. The summed E-state index contributed by atoms with van der Waals surface area (Å²) in [5.41, 5.74) is 2.88. The quantitative estimate of drug-likeness (QED) is 0.753. The summed E-state index contributed by atoms with van der Waals surface area (Å²) in [5.74, 6) is 0.520. The van der Waals surface area contributed by atoms with E-state index in [1.807, 2.05) is 6.92 Å². The van der Waals surface area contributed by atoms with E-state index in [-0.39, 0.29) is 5.54 Å². The minimum absolute atomic E-state index is 0.161. The van der Waals surface area contributed by atoms with Gasteiger partial charge in [-0.3, -0.25) is 0 Å². The fourth-order valence-electron chi connectivity index (χ4n) is 2.02. The molecule has 1 unspecified atom stereocenters. The van der Waals surface area contributed by atoms with Crippen LogP contribution in [0.3, 0.4) is 0 Å². The number of ether oxygens (including phenoxy) is 1. The highest BCUT2D eigenvalue weighted by atomic mass is 16.5. The minimum Gasteiger partial charge on any atom is -0.382 e. The van der Waals surface area contributed by atoms with Crippen LogP contribution in [-0.4, -0.2) is 25.3 Å². The maximum atomic E-state index is 5.51. The Balaban J connectivity index is 2.65. The highest BCUT2D eigenvalue weighted by molar-refractivity contribution is 5.24. The Morgan fingerprint density at radius 2 is 1.79 bits per heavy atom. The second kappa shape index (κ2) is 7.66. The van der Waals surface area contributed by atoms with E-state index in [1.165, 1.54) is 11.1 Å². The first-order valence-corrected chi connectivity index (χ1v) is 7.31. The Kier molecular flexibility index (Phi) is 6.53. The lowest BCUT2D eigenvalue weighted by atomic mass is 9.94. The van der Waals surface area contributed by atoms with Gasteiger partial charge < -0.3 is 10.1 Å². The maximum Gasteiger partial charge on any atom is 0.0472 e. The van der Waals surface area contributed by atoms with Gasteiger partial charge in [-0.15, -0.1) is 0 Å². The molecule has 19 heavy (non-hydrogen) atoms. The van der Waals surface area contributed by atoms with Crippen molar-refractivity contribution in [2.45, 2.75) is 52.5 Å². The minimum atomic E-state index is 0.161. The molecule has 0 radical (unpaired) electrons. The van der Waals surface area contributed by atoms with E-state index < -0.39 is 0 Å². The van der Waals surface area contributed by atoms with Gasteiger partial charge in [0.1, 0.15) is 0 Å². The van der Waals surface area contributed by atoms with Crippen LogP contribution in [0, 0.1) is 6.92 Å². The number of nitrogens with one attached hydrogen (secondary N) is 1. The Labute approximate surface area is 118 Å². The third-order valence-electron chi connectivity index (χ3n) is 3.24. The molecule has 0 saturated heterocycles.